The highest BCUT2D eigenvalue weighted by molar-refractivity contribution is 5.90. The van der Waals surface area contributed by atoms with E-state index in [-0.39, 0.29) is 30.4 Å². The number of nitrogens with one attached hydrogen (secondary N) is 3. The van der Waals surface area contributed by atoms with Gasteiger partial charge in [0.05, 0.1) is 18.5 Å². The first-order valence-electron chi connectivity index (χ1n) is 10.7. The van der Waals surface area contributed by atoms with Crippen LogP contribution < -0.4 is 16.0 Å². The standard InChI is InChI=1S/C24H27N3O2/c28-21-14-20(25-23(26-21)19-4-2-1-3-5-19)24(29)27-22(18-12-13-18)17-10-8-16(9-11-17)15-6-7-15/h1-5,8-11,15,18,20,22-23,25H,6-7,12-14H2,(H,26,28)(H,27,29)/t20?,22-,23?/m0/s1. The second-order valence-corrected chi connectivity index (χ2v) is 8.60. The van der Waals surface area contributed by atoms with Gasteiger partial charge in [-0.1, -0.05) is 54.6 Å². The molecule has 0 radical (unpaired) electrons. The Hall–Kier alpha value is -2.66. The normalized spacial score (nSPS) is 25.2. The number of hydrogen-bond donors (Lipinski definition) is 3. The van der Waals surface area contributed by atoms with Gasteiger partial charge < -0.3 is 10.6 Å². The van der Waals surface area contributed by atoms with Crippen molar-refractivity contribution in [2.75, 3.05) is 0 Å². The van der Waals surface area contributed by atoms with Gasteiger partial charge in [0.25, 0.3) is 0 Å². The molecule has 2 unspecified atom stereocenters. The molecule has 2 aromatic carbocycles. The van der Waals surface area contributed by atoms with Crippen molar-refractivity contribution in [2.45, 2.75) is 56.3 Å². The highest BCUT2D eigenvalue weighted by Gasteiger charge is 2.37. The Labute approximate surface area is 171 Å². The summed E-state index contributed by atoms with van der Waals surface area (Å²) in [7, 11) is 0. The van der Waals surface area contributed by atoms with Crippen LogP contribution in [0.1, 0.15) is 66.9 Å². The highest BCUT2D eigenvalue weighted by atomic mass is 16.2. The summed E-state index contributed by atoms with van der Waals surface area (Å²) in [6, 6.07) is 18.0. The molecule has 0 spiro atoms. The Morgan fingerprint density at radius 1 is 0.931 bits per heavy atom. The van der Waals surface area contributed by atoms with E-state index in [1.807, 2.05) is 30.3 Å². The molecule has 2 amide bonds. The van der Waals surface area contributed by atoms with Gasteiger partial charge in [0, 0.05) is 0 Å². The quantitative estimate of drug-likeness (QED) is 0.710. The van der Waals surface area contributed by atoms with E-state index in [1.165, 1.54) is 24.0 Å². The molecule has 2 aliphatic carbocycles. The molecule has 0 aromatic heterocycles. The summed E-state index contributed by atoms with van der Waals surface area (Å²) in [5, 5.41) is 9.48. The van der Waals surface area contributed by atoms with Crippen molar-refractivity contribution in [3.8, 4) is 0 Å². The van der Waals surface area contributed by atoms with Crippen molar-refractivity contribution in [3.63, 3.8) is 0 Å². The van der Waals surface area contributed by atoms with Gasteiger partial charge in [-0.05, 0) is 54.2 Å². The molecular weight excluding hydrogens is 362 g/mol. The third-order valence-corrected chi connectivity index (χ3v) is 6.25. The smallest absolute Gasteiger partial charge is 0.238 e. The number of amides is 2. The second-order valence-electron chi connectivity index (χ2n) is 8.60. The van der Waals surface area contributed by atoms with Crippen LogP contribution in [0.25, 0.3) is 0 Å². The molecule has 5 rings (SSSR count). The lowest BCUT2D eigenvalue weighted by Gasteiger charge is -2.32. The van der Waals surface area contributed by atoms with E-state index < -0.39 is 6.04 Å². The monoisotopic (exact) mass is 389 g/mol. The van der Waals surface area contributed by atoms with E-state index in [4.69, 9.17) is 0 Å². The van der Waals surface area contributed by atoms with Crippen LogP contribution in [0, 0.1) is 5.92 Å². The fourth-order valence-electron chi connectivity index (χ4n) is 4.25. The van der Waals surface area contributed by atoms with Gasteiger partial charge in [-0.25, -0.2) is 0 Å². The third kappa shape index (κ3) is 4.20. The van der Waals surface area contributed by atoms with Gasteiger partial charge in [-0.15, -0.1) is 0 Å². The maximum atomic E-state index is 13.1. The number of rotatable bonds is 6. The lowest BCUT2D eigenvalue weighted by Crippen LogP contribution is -2.56. The Balaban J connectivity index is 1.29. The average Bonchev–Trinajstić information content (AvgIpc) is 3.65. The minimum absolute atomic E-state index is 0.0257. The molecular formula is C24H27N3O2. The van der Waals surface area contributed by atoms with Crippen LogP contribution in [-0.4, -0.2) is 17.9 Å². The SMILES string of the molecule is O=C1CC(C(=O)N[C@@H](c2ccc(C3CC3)cc2)C2CC2)NC(c2ccccc2)N1. The minimum Gasteiger partial charge on any atom is -0.348 e. The molecule has 3 N–H and O–H groups in total. The summed E-state index contributed by atoms with van der Waals surface area (Å²) in [6.45, 7) is 0. The van der Waals surface area contributed by atoms with E-state index in [1.54, 1.807) is 0 Å². The molecule has 3 fully saturated rings. The molecule has 29 heavy (non-hydrogen) atoms. The molecule has 150 valence electrons. The molecule has 2 aromatic rings. The zero-order valence-corrected chi connectivity index (χ0v) is 16.4. The van der Waals surface area contributed by atoms with Crippen LogP contribution in [0.5, 0.6) is 0 Å². The molecule has 3 atom stereocenters. The Bertz CT molecular complexity index is 888. The van der Waals surface area contributed by atoms with Gasteiger partial charge >= 0.3 is 0 Å². The van der Waals surface area contributed by atoms with Crippen LogP contribution in [0.4, 0.5) is 0 Å². The zero-order valence-electron chi connectivity index (χ0n) is 16.4. The van der Waals surface area contributed by atoms with Gasteiger partial charge in [0.2, 0.25) is 11.8 Å². The van der Waals surface area contributed by atoms with Crippen LogP contribution in [0.15, 0.2) is 54.6 Å². The van der Waals surface area contributed by atoms with Crippen molar-refractivity contribution in [3.05, 3.63) is 71.3 Å². The summed E-state index contributed by atoms with van der Waals surface area (Å²) < 4.78 is 0. The Morgan fingerprint density at radius 2 is 1.66 bits per heavy atom. The van der Waals surface area contributed by atoms with Gasteiger partial charge in [0.15, 0.2) is 0 Å². The van der Waals surface area contributed by atoms with E-state index in [0.29, 0.717) is 5.92 Å². The van der Waals surface area contributed by atoms with E-state index in [9.17, 15) is 9.59 Å². The van der Waals surface area contributed by atoms with E-state index in [0.717, 1.165) is 24.3 Å². The van der Waals surface area contributed by atoms with Gasteiger partial charge in [-0.3, -0.25) is 14.9 Å². The lowest BCUT2D eigenvalue weighted by molar-refractivity contribution is -0.132. The molecule has 5 heteroatoms. The summed E-state index contributed by atoms with van der Waals surface area (Å²) in [4.78, 5) is 25.3. The Kier molecular flexibility index (Phi) is 4.84. The number of benzene rings is 2. The highest BCUT2D eigenvalue weighted by Crippen LogP contribution is 2.43. The predicted molar refractivity (Wildman–Crippen MR) is 111 cm³/mol. The first-order valence-corrected chi connectivity index (χ1v) is 10.7. The first kappa shape index (κ1) is 18.4. The molecule has 1 heterocycles. The fourth-order valence-corrected chi connectivity index (χ4v) is 4.25. The van der Waals surface area contributed by atoms with Crippen molar-refractivity contribution in [1.29, 1.82) is 0 Å². The third-order valence-electron chi connectivity index (χ3n) is 6.25. The maximum Gasteiger partial charge on any atom is 0.238 e. The molecule has 5 nitrogen and oxygen atoms in total. The number of carbonyl (C=O) groups excluding carboxylic acids is 2. The lowest BCUT2D eigenvalue weighted by atomic mass is 9.98. The van der Waals surface area contributed by atoms with Crippen molar-refractivity contribution in [2.24, 2.45) is 5.92 Å². The van der Waals surface area contributed by atoms with Crippen LogP contribution in [-0.2, 0) is 9.59 Å². The first-order chi connectivity index (χ1) is 14.2. The largest absolute Gasteiger partial charge is 0.348 e. The average molecular weight is 389 g/mol. The van der Waals surface area contributed by atoms with E-state index in [2.05, 4.69) is 40.2 Å². The molecule has 2 saturated carbocycles. The van der Waals surface area contributed by atoms with Gasteiger partial charge in [-0.2, -0.15) is 0 Å². The summed E-state index contributed by atoms with van der Waals surface area (Å²) in [5.74, 6) is 1.03. The van der Waals surface area contributed by atoms with Gasteiger partial charge in [0.1, 0.15) is 6.17 Å². The Morgan fingerprint density at radius 3 is 2.31 bits per heavy atom. The maximum absolute atomic E-state index is 13.1. The van der Waals surface area contributed by atoms with Crippen LogP contribution >= 0.6 is 0 Å². The zero-order chi connectivity index (χ0) is 19.8. The minimum atomic E-state index is -0.527. The second kappa shape index (κ2) is 7.64. The van der Waals surface area contributed by atoms with E-state index >= 15 is 0 Å². The number of carbonyl (C=O) groups is 2. The summed E-state index contributed by atoms with van der Waals surface area (Å²) in [5.41, 5.74) is 3.53. The van der Waals surface area contributed by atoms with Crippen molar-refractivity contribution in [1.82, 2.24) is 16.0 Å². The van der Waals surface area contributed by atoms with Crippen molar-refractivity contribution < 1.29 is 9.59 Å². The topological polar surface area (TPSA) is 70.2 Å². The predicted octanol–water partition coefficient (Wildman–Crippen LogP) is 3.31. The molecule has 1 aliphatic heterocycles. The van der Waals surface area contributed by atoms with Crippen LogP contribution in [0.2, 0.25) is 0 Å². The molecule has 0 bridgehead atoms. The molecule has 1 saturated heterocycles. The fraction of sp³-hybridized carbons (Fsp3) is 0.417. The van der Waals surface area contributed by atoms with Crippen LogP contribution in [0.3, 0.4) is 0 Å². The summed E-state index contributed by atoms with van der Waals surface area (Å²) >= 11 is 0. The number of hydrogen-bond acceptors (Lipinski definition) is 3. The summed E-state index contributed by atoms with van der Waals surface area (Å²) in [6.07, 6.45) is 4.68. The molecule has 3 aliphatic rings. The van der Waals surface area contributed by atoms with Crippen molar-refractivity contribution >= 4 is 11.8 Å².